The van der Waals surface area contributed by atoms with Crippen molar-refractivity contribution in [1.29, 1.82) is 0 Å². The number of hydrogen-bond acceptors (Lipinski definition) is 25. The van der Waals surface area contributed by atoms with Crippen molar-refractivity contribution in [3.8, 4) is 17.2 Å². The van der Waals surface area contributed by atoms with E-state index in [1.807, 2.05) is 0 Å². The highest BCUT2D eigenvalue weighted by atomic mass is 32.3. The molecule has 0 aliphatic heterocycles. The molecule has 364 valence electrons. The number of rotatable bonds is 17. The fourth-order valence-electron chi connectivity index (χ4n) is 5.06. The Labute approximate surface area is 379 Å². The van der Waals surface area contributed by atoms with Gasteiger partial charge in [-0.3, -0.25) is 22.8 Å². The second-order valence-electron chi connectivity index (χ2n) is 12.6. The zero-order chi connectivity index (χ0) is 50.9. The van der Waals surface area contributed by atoms with E-state index in [9.17, 15) is 92.8 Å². The zero-order valence-corrected chi connectivity index (χ0v) is 37.3. The first kappa shape index (κ1) is 52.3. The van der Waals surface area contributed by atoms with E-state index in [-0.39, 0.29) is 11.8 Å². The number of sulfone groups is 1. The molecule has 0 amide bonds. The molecule has 0 saturated heterocycles. The molecule has 4 aromatic carbocycles. The highest BCUT2D eigenvalue weighted by molar-refractivity contribution is 7.91. The van der Waals surface area contributed by atoms with E-state index < -0.39 is 167 Å². The van der Waals surface area contributed by atoms with Gasteiger partial charge < -0.3 is 20.6 Å². The number of nitrogens with zero attached hydrogens (tertiary/aromatic N) is 8. The standard InChI is InChI=1S/C30H23F2N9O21S6/c31-22-12-23(35-30(32)34-22)33-13-1-5-19(65(50,51)52)17(9-13)37-40-25-27(42)24(28(43)26(29(25)44)41-38-18-10-15(64(47,48)49)3-6-20(18)66(53,54)55)39-36-16-4-2-14(11-21(16)67(56,57)58)63(45,46)8-7-62-68(59,60)61/h1-6,9-12,42-44H,7-8H2,(H,33,34,35)(H,47,48,49)(H,50,51,52)(H,53,54,55)(H,56,57,58)(H,59,60,61)/b39-36+,40-37+,41-38+. The molecule has 38 heteroatoms. The van der Waals surface area contributed by atoms with Crippen LogP contribution in [0, 0.1) is 12.0 Å². The van der Waals surface area contributed by atoms with E-state index in [1.54, 1.807) is 0 Å². The van der Waals surface area contributed by atoms with Crippen molar-refractivity contribution in [2.24, 2.45) is 30.7 Å². The summed E-state index contributed by atoms with van der Waals surface area (Å²) in [5.41, 5.74) is -7.54. The first-order chi connectivity index (χ1) is 31.2. The normalized spacial score (nSPS) is 13.2. The van der Waals surface area contributed by atoms with Crippen molar-refractivity contribution in [2.45, 2.75) is 24.5 Å². The summed E-state index contributed by atoms with van der Waals surface area (Å²) in [5, 5.41) is 56.7. The molecule has 0 aliphatic rings. The summed E-state index contributed by atoms with van der Waals surface area (Å²) in [5.74, 6) is -7.87. The van der Waals surface area contributed by atoms with Crippen LogP contribution in [0.1, 0.15) is 0 Å². The minimum absolute atomic E-state index is 0.267. The lowest BCUT2D eigenvalue weighted by atomic mass is 10.2. The number of halogens is 2. The van der Waals surface area contributed by atoms with E-state index in [4.69, 9.17) is 4.55 Å². The molecule has 0 radical (unpaired) electrons. The third kappa shape index (κ3) is 12.8. The lowest BCUT2D eigenvalue weighted by molar-refractivity contribution is 0.284. The van der Waals surface area contributed by atoms with Gasteiger partial charge in [0.05, 0.1) is 22.2 Å². The average Bonchev–Trinajstić information content (AvgIpc) is 3.18. The fraction of sp³-hybridized carbons (Fsp3) is 0.0667. The first-order valence-electron chi connectivity index (χ1n) is 16.9. The van der Waals surface area contributed by atoms with Gasteiger partial charge in [-0.2, -0.15) is 60.8 Å². The van der Waals surface area contributed by atoms with Crippen LogP contribution in [0.2, 0.25) is 0 Å². The van der Waals surface area contributed by atoms with Crippen LogP contribution in [0.4, 0.5) is 54.4 Å². The minimum Gasteiger partial charge on any atom is -0.504 e. The Hall–Kier alpha value is -6.72. The maximum absolute atomic E-state index is 13.7. The molecular formula is C30H23F2N9O21S6. The number of benzene rings is 4. The van der Waals surface area contributed by atoms with Crippen LogP contribution in [0.25, 0.3) is 0 Å². The average molecular weight is 1080 g/mol. The van der Waals surface area contributed by atoms with Crippen LogP contribution in [-0.2, 0) is 64.9 Å². The molecule has 30 nitrogen and oxygen atoms in total. The van der Waals surface area contributed by atoms with Crippen molar-refractivity contribution in [1.82, 2.24) is 9.97 Å². The smallest absolute Gasteiger partial charge is 0.397 e. The quantitative estimate of drug-likeness (QED) is 0.0269. The van der Waals surface area contributed by atoms with Gasteiger partial charge >= 0.3 is 16.5 Å². The van der Waals surface area contributed by atoms with E-state index in [2.05, 4.69) is 50.2 Å². The van der Waals surface area contributed by atoms with Crippen molar-refractivity contribution < 1.29 is 102 Å². The van der Waals surface area contributed by atoms with Crippen molar-refractivity contribution in [3.05, 3.63) is 72.7 Å². The lowest BCUT2D eigenvalue weighted by Gasteiger charge is -2.11. The molecule has 0 bridgehead atoms. The molecule has 0 fully saturated rings. The molecule has 0 spiro atoms. The number of hydrogen-bond donors (Lipinski definition) is 9. The fourth-order valence-corrected chi connectivity index (χ4v) is 9.00. The summed E-state index contributed by atoms with van der Waals surface area (Å²) in [6, 6.07) is 5.49. The van der Waals surface area contributed by atoms with Gasteiger partial charge in [0.25, 0.3) is 40.5 Å². The molecule has 5 rings (SSSR count). The summed E-state index contributed by atoms with van der Waals surface area (Å²) >= 11 is 0. The van der Waals surface area contributed by atoms with Gasteiger partial charge in [-0.15, -0.1) is 30.7 Å². The molecule has 0 aliphatic carbocycles. The van der Waals surface area contributed by atoms with Crippen LogP contribution in [-0.4, -0.2) is 111 Å². The van der Waals surface area contributed by atoms with Crippen LogP contribution in [0.15, 0.2) is 116 Å². The van der Waals surface area contributed by atoms with Gasteiger partial charge in [-0.1, -0.05) is 0 Å². The van der Waals surface area contributed by atoms with Gasteiger partial charge in [0, 0.05) is 11.8 Å². The Morgan fingerprint density at radius 2 is 0.985 bits per heavy atom. The summed E-state index contributed by atoms with van der Waals surface area (Å²) in [6.45, 7) is -1.18. The van der Waals surface area contributed by atoms with Gasteiger partial charge in [-0.05, 0) is 54.6 Å². The molecule has 5 aromatic rings. The highest BCUT2D eigenvalue weighted by Gasteiger charge is 2.28. The molecule has 0 atom stereocenters. The van der Waals surface area contributed by atoms with Crippen LogP contribution in [0.3, 0.4) is 0 Å². The first-order valence-corrected chi connectivity index (χ1v) is 25.6. The van der Waals surface area contributed by atoms with Gasteiger partial charge in [0.2, 0.25) is 5.95 Å². The highest BCUT2D eigenvalue weighted by Crippen LogP contribution is 2.57. The largest absolute Gasteiger partial charge is 0.504 e. The van der Waals surface area contributed by atoms with Crippen LogP contribution < -0.4 is 5.32 Å². The Kier molecular flexibility index (Phi) is 14.7. The molecule has 9 N–H and O–H groups in total. The number of aromatic hydroxyl groups is 3. The topological polar surface area (TPSA) is 488 Å². The Morgan fingerprint density at radius 3 is 1.46 bits per heavy atom. The SMILES string of the molecule is O=S(=O)(O)OCCS(=O)(=O)c1ccc(/N=N/c2c(O)c(/N=N/c3cc(Nc4cc(F)nc(F)n4)ccc3S(=O)(=O)O)c(O)c(/N=N/c3cc(S(=O)(=O)O)ccc3S(=O)(=O)O)c2O)c(S(=O)(=O)O)c1. The maximum atomic E-state index is 13.7. The summed E-state index contributed by atoms with van der Waals surface area (Å²) in [6.07, 6.45) is -1.55. The molecule has 1 heterocycles. The number of aromatic nitrogens is 2. The number of anilines is 2. The lowest BCUT2D eigenvalue weighted by Crippen LogP contribution is -2.16. The summed E-state index contributed by atoms with van der Waals surface area (Å²) < 4.78 is 223. The van der Waals surface area contributed by atoms with Gasteiger partial charge in [0.1, 0.15) is 37.6 Å². The molecule has 68 heavy (non-hydrogen) atoms. The zero-order valence-electron chi connectivity index (χ0n) is 32.4. The van der Waals surface area contributed by atoms with Crippen molar-refractivity contribution in [2.75, 3.05) is 17.7 Å². The second kappa shape index (κ2) is 19.1. The molecular weight excluding hydrogens is 1050 g/mol. The van der Waals surface area contributed by atoms with Crippen LogP contribution in [0.5, 0.6) is 17.2 Å². The van der Waals surface area contributed by atoms with E-state index in [0.29, 0.717) is 42.5 Å². The Balaban J connectivity index is 1.75. The van der Waals surface area contributed by atoms with E-state index in [1.165, 1.54) is 0 Å². The van der Waals surface area contributed by atoms with Crippen molar-refractivity contribution >= 4 is 106 Å². The number of nitrogens with one attached hydrogen (secondary N) is 1. The second-order valence-corrected chi connectivity index (χ2v) is 21.4. The van der Waals surface area contributed by atoms with Crippen LogP contribution >= 0.6 is 0 Å². The minimum atomic E-state index is -5.53. The maximum Gasteiger partial charge on any atom is 0.397 e. The third-order valence-corrected chi connectivity index (χ3v) is 13.6. The number of phenolic OH excluding ortho intramolecular Hbond substituents is 3. The Bertz CT molecular complexity index is 3670. The summed E-state index contributed by atoms with van der Waals surface area (Å²) in [4.78, 5) is 0.357. The monoisotopic (exact) mass is 1070 g/mol. The predicted octanol–water partition coefficient (Wildman–Crippen LogP) is 4.44. The number of phenols is 3. The predicted molar refractivity (Wildman–Crippen MR) is 217 cm³/mol. The van der Waals surface area contributed by atoms with Gasteiger partial charge in [-0.25, -0.2) is 12.6 Å². The number of azo groups is 3. The third-order valence-electron chi connectivity index (χ3n) is 7.95. The summed E-state index contributed by atoms with van der Waals surface area (Å²) in [7, 11) is -31.1. The van der Waals surface area contributed by atoms with E-state index >= 15 is 0 Å². The Morgan fingerprint density at radius 1 is 0.515 bits per heavy atom. The van der Waals surface area contributed by atoms with Gasteiger partial charge in [0.15, 0.2) is 44.1 Å². The molecule has 0 saturated carbocycles. The van der Waals surface area contributed by atoms with E-state index in [0.717, 1.165) is 12.1 Å². The molecule has 1 aromatic heterocycles. The van der Waals surface area contributed by atoms with Crippen molar-refractivity contribution in [3.63, 3.8) is 0 Å². The molecule has 0 unspecified atom stereocenters.